The highest BCUT2D eigenvalue weighted by Crippen LogP contribution is 2.25. The first-order chi connectivity index (χ1) is 7.75. The third-order valence-electron chi connectivity index (χ3n) is 2.76. The molecule has 0 amide bonds. The highest BCUT2D eigenvalue weighted by molar-refractivity contribution is 5.81. The van der Waals surface area contributed by atoms with Crippen LogP contribution in [-0.4, -0.2) is 27.9 Å². The summed E-state index contributed by atoms with van der Waals surface area (Å²) in [5.41, 5.74) is 1.01. The molecule has 2 aromatic rings. The van der Waals surface area contributed by atoms with Crippen molar-refractivity contribution < 1.29 is 9.66 Å². The molecule has 0 N–H and O–H groups in total. The summed E-state index contributed by atoms with van der Waals surface area (Å²) in [6.45, 7) is 1.32. The quantitative estimate of drug-likeness (QED) is 0.567. The second kappa shape index (κ2) is 3.28. The zero-order valence-corrected chi connectivity index (χ0v) is 8.37. The topological polar surface area (TPSA) is 70.2 Å². The smallest absolute Gasteiger partial charge is 0.270 e. The number of ether oxygens (including phenoxy) is 1. The summed E-state index contributed by atoms with van der Waals surface area (Å²) < 4.78 is 6.96. The third kappa shape index (κ3) is 1.27. The first kappa shape index (κ1) is 9.29. The van der Waals surface area contributed by atoms with E-state index < -0.39 is 4.92 Å². The zero-order valence-electron chi connectivity index (χ0n) is 8.37. The molecule has 6 nitrogen and oxygen atoms in total. The lowest BCUT2D eigenvalue weighted by Crippen LogP contribution is -2.31. The van der Waals surface area contributed by atoms with Crippen LogP contribution in [0.25, 0.3) is 10.9 Å². The number of hydrogen-bond donors (Lipinski definition) is 0. The maximum Gasteiger partial charge on any atom is 0.270 e. The highest BCUT2D eigenvalue weighted by atomic mass is 16.6. The van der Waals surface area contributed by atoms with E-state index in [1.807, 2.05) is 4.68 Å². The van der Waals surface area contributed by atoms with Gasteiger partial charge < -0.3 is 4.74 Å². The van der Waals surface area contributed by atoms with Gasteiger partial charge in [-0.2, -0.15) is 5.10 Å². The van der Waals surface area contributed by atoms with Gasteiger partial charge in [0.15, 0.2) is 0 Å². The van der Waals surface area contributed by atoms with Crippen molar-refractivity contribution >= 4 is 16.6 Å². The largest absolute Gasteiger partial charge is 0.377 e. The second-order valence-corrected chi connectivity index (χ2v) is 3.78. The molecule has 2 heterocycles. The number of fused-ring (bicyclic) bond motifs is 1. The predicted octanol–water partition coefficient (Wildman–Crippen LogP) is 1.52. The van der Waals surface area contributed by atoms with Gasteiger partial charge in [-0.05, 0) is 6.07 Å². The Morgan fingerprint density at radius 2 is 2.31 bits per heavy atom. The lowest BCUT2D eigenvalue weighted by Gasteiger charge is -2.26. The van der Waals surface area contributed by atoms with Gasteiger partial charge in [0, 0.05) is 17.5 Å². The normalized spacial score (nSPS) is 16.2. The Morgan fingerprint density at radius 1 is 1.50 bits per heavy atom. The van der Waals surface area contributed by atoms with E-state index in [2.05, 4.69) is 5.10 Å². The summed E-state index contributed by atoms with van der Waals surface area (Å²) in [5, 5.41) is 15.6. The van der Waals surface area contributed by atoms with Gasteiger partial charge in [-0.1, -0.05) is 0 Å². The minimum atomic E-state index is -0.400. The molecule has 82 valence electrons. The Kier molecular flexibility index (Phi) is 1.90. The fourth-order valence-corrected chi connectivity index (χ4v) is 1.81. The van der Waals surface area contributed by atoms with Crippen molar-refractivity contribution in [1.29, 1.82) is 0 Å². The molecule has 0 unspecified atom stereocenters. The molecule has 3 rings (SSSR count). The molecular weight excluding hydrogens is 210 g/mol. The zero-order chi connectivity index (χ0) is 11.1. The fraction of sp³-hybridized carbons (Fsp3) is 0.300. The molecule has 1 aromatic heterocycles. The molecule has 0 aliphatic carbocycles. The summed E-state index contributed by atoms with van der Waals surface area (Å²) in [7, 11) is 0. The van der Waals surface area contributed by atoms with Gasteiger partial charge in [0.1, 0.15) is 0 Å². The van der Waals surface area contributed by atoms with Gasteiger partial charge in [0.05, 0.1) is 35.9 Å². The molecular formula is C10H9N3O3. The van der Waals surface area contributed by atoms with Crippen molar-refractivity contribution in [3.05, 3.63) is 34.5 Å². The number of aromatic nitrogens is 2. The Morgan fingerprint density at radius 3 is 2.94 bits per heavy atom. The number of hydrogen-bond acceptors (Lipinski definition) is 4. The van der Waals surface area contributed by atoms with E-state index in [1.54, 1.807) is 18.3 Å². The van der Waals surface area contributed by atoms with Crippen LogP contribution in [0.2, 0.25) is 0 Å². The number of nitro groups is 1. The van der Waals surface area contributed by atoms with Crippen molar-refractivity contribution in [2.24, 2.45) is 0 Å². The summed E-state index contributed by atoms with van der Waals surface area (Å²) in [6.07, 6.45) is 1.65. The van der Waals surface area contributed by atoms with E-state index in [0.29, 0.717) is 13.2 Å². The predicted molar refractivity (Wildman–Crippen MR) is 56.2 cm³/mol. The van der Waals surface area contributed by atoms with Gasteiger partial charge in [-0.15, -0.1) is 0 Å². The number of nitrogens with zero attached hydrogens (tertiary/aromatic N) is 3. The van der Waals surface area contributed by atoms with Crippen molar-refractivity contribution in [3.8, 4) is 0 Å². The van der Waals surface area contributed by atoms with Crippen LogP contribution in [-0.2, 0) is 4.74 Å². The van der Waals surface area contributed by atoms with E-state index in [4.69, 9.17) is 4.74 Å². The molecule has 6 heteroatoms. The highest BCUT2D eigenvalue weighted by Gasteiger charge is 2.23. The van der Waals surface area contributed by atoms with Crippen LogP contribution in [0, 0.1) is 10.1 Å². The van der Waals surface area contributed by atoms with Crippen LogP contribution in [0.3, 0.4) is 0 Å². The first-order valence-corrected chi connectivity index (χ1v) is 4.95. The maximum atomic E-state index is 10.6. The number of nitro benzene ring substituents is 1. The van der Waals surface area contributed by atoms with E-state index in [0.717, 1.165) is 10.9 Å². The number of non-ortho nitro benzene ring substituents is 1. The maximum absolute atomic E-state index is 10.6. The lowest BCUT2D eigenvalue weighted by molar-refractivity contribution is -0.384. The van der Waals surface area contributed by atoms with Crippen molar-refractivity contribution in [1.82, 2.24) is 9.78 Å². The molecule has 0 atom stereocenters. The average Bonchev–Trinajstić information content (AvgIpc) is 2.59. The van der Waals surface area contributed by atoms with Gasteiger partial charge in [0.2, 0.25) is 0 Å². The Balaban J connectivity index is 2.10. The van der Waals surface area contributed by atoms with E-state index in [1.165, 1.54) is 6.07 Å². The van der Waals surface area contributed by atoms with Gasteiger partial charge >= 0.3 is 0 Å². The van der Waals surface area contributed by atoms with Crippen LogP contribution < -0.4 is 0 Å². The molecule has 1 fully saturated rings. The number of benzene rings is 1. The lowest BCUT2D eigenvalue weighted by atomic mass is 10.2. The van der Waals surface area contributed by atoms with Crippen LogP contribution in [0.5, 0.6) is 0 Å². The summed E-state index contributed by atoms with van der Waals surface area (Å²) in [4.78, 5) is 10.2. The van der Waals surface area contributed by atoms with Gasteiger partial charge in [0.25, 0.3) is 5.69 Å². The van der Waals surface area contributed by atoms with Gasteiger partial charge in [-0.25, -0.2) is 0 Å². The molecule has 0 bridgehead atoms. The minimum Gasteiger partial charge on any atom is -0.377 e. The SMILES string of the molecule is O=[N+]([O-])c1ccc2c(cnn2C2COC2)c1. The molecule has 1 aliphatic heterocycles. The summed E-state index contributed by atoms with van der Waals surface area (Å²) in [5.74, 6) is 0. The second-order valence-electron chi connectivity index (χ2n) is 3.78. The summed E-state index contributed by atoms with van der Waals surface area (Å²) >= 11 is 0. The molecule has 0 radical (unpaired) electrons. The van der Waals surface area contributed by atoms with Crippen molar-refractivity contribution in [2.45, 2.75) is 6.04 Å². The Bertz CT molecular complexity index is 559. The molecule has 0 spiro atoms. The van der Waals surface area contributed by atoms with Crippen LogP contribution >= 0.6 is 0 Å². The minimum absolute atomic E-state index is 0.0944. The molecule has 1 saturated heterocycles. The van der Waals surface area contributed by atoms with E-state index in [9.17, 15) is 10.1 Å². The average molecular weight is 219 g/mol. The molecule has 1 aromatic carbocycles. The van der Waals surface area contributed by atoms with Gasteiger partial charge in [-0.3, -0.25) is 14.8 Å². The van der Waals surface area contributed by atoms with Crippen LogP contribution in [0.1, 0.15) is 6.04 Å². The van der Waals surface area contributed by atoms with Crippen LogP contribution in [0.15, 0.2) is 24.4 Å². The molecule has 16 heavy (non-hydrogen) atoms. The third-order valence-corrected chi connectivity index (χ3v) is 2.76. The fourth-order valence-electron chi connectivity index (χ4n) is 1.81. The molecule has 1 aliphatic rings. The first-order valence-electron chi connectivity index (χ1n) is 4.95. The van der Waals surface area contributed by atoms with E-state index in [-0.39, 0.29) is 11.7 Å². The number of rotatable bonds is 2. The van der Waals surface area contributed by atoms with E-state index >= 15 is 0 Å². The van der Waals surface area contributed by atoms with Crippen molar-refractivity contribution in [2.75, 3.05) is 13.2 Å². The molecule has 0 saturated carbocycles. The Hall–Kier alpha value is -1.95. The summed E-state index contributed by atoms with van der Waals surface area (Å²) in [6, 6.07) is 5.04. The monoisotopic (exact) mass is 219 g/mol. The standard InChI is InChI=1S/C10H9N3O3/c14-13(15)8-1-2-10-7(3-8)4-11-12(10)9-5-16-6-9/h1-4,9H,5-6H2. The van der Waals surface area contributed by atoms with Crippen molar-refractivity contribution in [3.63, 3.8) is 0 Å². The van der Waals surface area contributed by atoms with Crippen LogP contribution in [0.4, 0.5) is 5.69 Å². The Labute approximate surface area is 90.6 Å².